The Balaban J connectivity index is 1.63. The van der Waals surface area contributed by atoms with E-state index in [9.17, 15) is 14.8 Å². The lowest BCUT2D eigenvalue weighted by molar-refractivity contribution is -0.887. The average Bonchev–Trinajstić information content (AvgIpc) is 3.56. The van der Waals surface area contributed by atoms with Gasteiger partial charge in [-0.05, 0) is 71.9 Å². The van der Waals surface area contributed by atoms with Crippen LogP contribution in [0.2, 0.25) is 5.02 Å². The molecule has 1 unspecified atom stereocenters. The van der Waals surface area contributed by atoms with Crippen molar-refractivity contribution in [3.8, 4) is 0 Å². The normalized spacial score (nSPS) is 14.4. The van der Waals surface area contributed by atoms with Gasteiger partial charge in [0.2, 0.25) is 5.91 Å². The fraction of sp³-hybridized carbons (Fsp3) is 0.250. The van der Waals surface area contributed by atoms with Gasteiger partial charge in [-0.1, -0.05) is 36.4 Å². The van der Waals surface area contributed by atoms with Gasteiger partial charge >= 0.3 is 5.97 Å². The minimum absolute atomic E-state index is 0.0670. The fourth-order valence-corrected chi connectivity index (χ4v) is 3.65. The third-order valence-electron chi connectivity index (χ3n) is 5.19. The summed E-state index contributed by atoms with van der Waals surface area (Å²) in [6, 6.07) is 11.9. The quantitative estimate of drug-likeness (QED) is 0.329. The summed E-state index contributed by atoms with van der Waals surface area (Å²) in [5, 5.41) is 21.7. The fourth-order valence-electron chi connectivity index (χ4n) is 3.47. The maximum atomic E-state index is 12.3. The number of carbonyl (C=O) groups is 2. The Hall–Kier alpha value is -2.93. The van der Waals surface area contributed by atoms with E-state index in [4.69, 9.17) is 16.7 Å². The van der Waals surface area contributed by atoms with Crippen LogP contribution in [0.3, 0.4) is 0 Å². The van der Waals surface area contributed by atoms with Gasteiger partial charge in [-0.25, -0.2) is 15.5 Å². The number of carboxylic acids is 1. The number of carbonyl (C=O) groups excluding carboxylic acids is 1. The number of allylic oxidation sites excluding steroid dienone is 1. The van der Waals surface area contributed by atoms with Crippen LogP contribution < -0.4 is 10.8 Å². The highest BCUT2D eigenvalue weighted by Crippen LogP contribution is 2.44. The summed E-state index contributed by atoms with van der Waals surface area (Å²) in [6.45, 7) is 4.40. The Labute approximate surface area is 186 Å². The highest BCUT2D eigenvalue weighted by Gasteiger charge is 2.28. The highest BCUT2D eigenvalue weighted by atomic mass is 35.5. The number of rotatable bonds is 10. The van der Waals surface area contributed by atoms with Crippen molar-refractivity contribution in [2.75, 3.05) is 11.9 Å². The number of halogens is 1. The molecule has 0 radical (unpaired) electrons. The van der Waals surface area contributed by atoms with Crippen molar-refractivity contribution >= 4 is 29.2 Å². The van der Waals surface area contributed by atoms with Crippen LogP contribution in [0.5, 0.6) is 0 Å². The van der Waals surface area contributed by atoms with E-state index in [0.29, 0.717) is 28.7 Å². The van der Waals surface area contributed by atoms with Gasteiger partial charge in [-0.3, -0.25) is 4.79 Å². The van der Waals surface area contributed by atoms with E-state index in [1.165, 1.54) is 17.7 Å². The number of anilines is 1. The van der Waals surface area contributed by atoms with Crippen molar-refractivity contribution in [3.05, 3.63) is 88.5 Å². The number of benzene rings is 2. The smallest absolute Gasteiger partial charge is 0.335 e. The van der Waals surface area contributed by atoms with E-state index in [1.807, 2.05) is 18.2 Å². The van der Waals surface area contributed by atoms with E-state index >= 15 is 0 Å². The molecule has 162 valence electrons. The van der Waals surface area contributed by atoms with E-state index in [1.54, 1.807) is 18.2 Å². The maximum absolute atomic E-state index is 12.3. The van der Waals surface area contributed by atoms with Gasteiger partial charge in [0.25, 0.3) is 0 Å². The molecular formula is C24H26ClN2O4+. The molecular weight excluding hydrogens is 416 g/mol. The molecule has 0 aromatic heterocycles. The van der Waals surface area contributed by atoms with Gasteiger partial charge in [0, 0.05) is 10.7 Å². The zero-order chi connectivity index (χ0) is 22.4. The van der Waals surface area contributed by atoms with Crippen LogP contribution in [0.4, 0.5) is 5.69 Å². The third kappa shape index (κ3) is 6.52. The zero-order valence-electron chi connectivity index (χ0n) is 17.1. The van der Waals surface area contributed by atoms with Crippen LogP contribution in [-0.4, -0.2) is 28.7 Å². The number of nitrogens with two attached hydrogens (primary N) is 1. The lowest BCUT2D eigenvalue weighted by Crippen LogP contribution is -2.81. The molecule has 2 aromatic rings. The Morgan fingerprint density at radius 3 is 2.55 bits per heavy atom. The van der Waals surface area contributed by atoms with Crippen molar-refractivity contribution in [2.45, 2.75) is 31.1 Å². The van der Waals surface area contributed by atoms with Crippen LogP contribution in [0, 0.1) is 0 Å². The predicted octanol–water partition coefficient (Wildman–Crippen LogP) is 4.09. The molecule has 0 spiro atoms. The van der Waals surface area contributed by atoms with E-state index < -0.39 is 5.97 Å². The van der Waals surface area contributed by atoms with Gasteiger partial charge < -0.3 is 10.4 Å². The molecule has 1 aliphatic rings. The Morgan fingerprint density at radius 2 is 1.94 bits per heavy atom. The Bertz CT molecular complexity index is 997. The van der Waals surface area contributed by atoms with Crippen molar-refractivity contribution < 1.29 is 25.4 Å². The summed E-state index contributed by atoms with van der Waals surface area (Å²) in [5.74, 6) is -0.786. The lowest BCUT2D eigenvalue weighted by Gasteiger charge is -2.16. The third-order valence-corrected chi connectivity index (χ3v) is 5.43. The number of hydroxylamine groups is 1. The molecule has 5 N–H and O–H groups in total. The second kappa shape index (κ2) is 10.4. The molecule has 0 aliphatic heterocycles. The minimum atomic E-state index is -1.02. The number of quaternary nitrogens is 1. The molecule has 0 saturated heterocycles. The van der Waals surface area contributed by atoms with Crippen molar-refractivity contribution in [2.24, 2.45) is 0 Å². The second-order valence-electron chi connectivity index (χ2n) is 7.70. The molecule has 6 nitrogen and oxygen atoms in total. The number of hydrogen-bond donors (Lipinski definition) is 4. The van der Waals surface area contributed by atoms with Crippen LogP contribution in [0.15, 0.2) is 66.8 Å². The molecule has 0 heterocycles. The van der Waals surface area contributed by atoms with Crippen molar-refractivity contribution in [1.82, 2.24) is 0 Å². The molecule has 1 fully saturated rings. The number of aromatic carboxylic acids is 1. The van der Waals surface area contributed by atoms with Gasteiger partial charge in [0.1, 0.15) is 6.54 Å². The van der Waals surface area contributed by atoms with Crippen molar-refractivity contribution in [1.29, 1.82) is 0 Å². The highest BCUT2D eigenvalue weighted by molar-refractivity contribution is 6.30. The molecule has 1 atom stereocenters. The molecule has 2 aromatic carbocycles. The molecule has 0 bridgehead atoms. The first-order valence-electron chi connectivity index (χ1n) is 10.1. The molecule has 1 saturated carbocycles. The Kier molecular flexibility index (Phi) is 7.63. The molecule has 1 aliphatic carbocycles. The van der Waals surface area contributed by atoms with E-state index in [0.717, 1.165) is 23.9 Å². The summed E-state index contributed by atoms with van der Waals surface area (Å²) in [5.41, 5.74) is 4.79. The summed E-state index contributed by atoms with van der Waals surface area (Å²) in [6.07, 6.45) is 6.17. The van der Waals surface area contributed by atoms with Crippen LogP contribution in [-0.2, 0) is 4.79 Å². The topological polar surface area (TPSA) is 103 Å². The first-order valence-corrected chi connectivity index (χ1v) is 10.5. The van der Waals surface area contributed by atoms with Crippen LogP contribution in [0.1, 0.15) is 52.6 Å². The first kappa shape index (κ1) is 22.7. The predicted molar refractivity (Wildman–Crippen MR) is 120 cm³/mol. The zero-order valence-corrected chi connectivity index (χ0v) is 17.8. The first-order chi connectivity index (χ1) is 14.9. The van der Waals surface area contributed by atoms with Crippen molar-refractivity contribution in [3.63, 3.8) is 0 Å². The van der Waals surface area contributed by atoms with Gasteiger partial charge in [-0.15, -0.1) is 0 Å². The standard InChI is InChI=1S/C24H25ClN2O4/c1-15(12-23(28)27-20-9-6-17(7-10-20)24(29)30)2-3-18(14-26-31)22-13-19(25)8-11-21(22)16-4-5-16/h2-3,6-11,13,16,18,26,31H,1,4-5,12,14H2,(H,27,28)(H,29,30)/p+1. The maximum Gasteiger partial charge on any atom is 0.335 e. The molecule has 31 heavy (non-hydrogen) atoms. The van der Waals surface area contributed by atoms with Crippen LogP contribution in [0.25, 0.3) is 0 Å². The SMILES string of the molecule is C=C(C=CC(C[NH2+]O)c1cc(Cl)ccc1C1CC1)CC(=O)Nc1ccc(C(=O)O)cc1. The summed E-state index contributed by atoms with van der Waals surface area (Å²) in [4.78, 5) is 23.2. The number of carboxylic acid groups (broad SMARTS) is 1. The van der Waals surface area contributed by atoms with Crippen LogP contribution >= 0.6 is 11.6 Å². The summed E-state index contributed by atoms with van der Waals surface area (Å²) < 4.78 is 0. The molecule has 7 heteroatoms. The van der Waals surface area contributed by atoms with E-state index in [2.05, 4.69) is 18.0 Å². The van der Waals surface area contributed by atoms with E-state index in [-0.39, 0.29) is 23.8 Å². The lowest BCUT2D eigenvalue weighted by atomic mass is 9.91. The largest absolute Gasteiger partial charge is 0.478 e. The monoisotopic (exact) mass is 441 g/mol. The van der Waals surface area contributed by atoms with Gasteiger partial charge in [0.05, 0.1) is 17.9 Å². The summed E-state index contributed by atoms with van der Waals surface area (Å²) >= 11 is 6.22. The molecule has 1 amide bonds. The molecule has 3 rings (SSSR count). The number of nitrogens with one attached hydrogen (secondary N) is 1. The number of amides is 1. The average molecular weight is 442 g/mol. The number of hydrogen-bond acceptors (Lipinski definition) is 3. The second-order valence-corrected chi connectivity index (χ2v) is 8.13. The summed E-state index contributed by atoms with van der Waals surface area (Å²) in [7, 11) is 0. The van der Waals surface area contributed by atoms with Gasteiger partial charge in [-0.2, -0.15) is 0 Å². The van der Waals surface area contributed by atoms with Gasteiger partial charge in [0.15, 0.2) is 0 Å². The Morgan fingerprint density at radius 1 is 1.23 bits per heavy atom. The minimum Gasteiger partial charge on any atom is -0.478 e.